The molecule has 0 aliphatic carbocycles. The molecule has 2 aromatic carbocycles. The zero-order valence-electron chi connectivity index (χ0n) is 12.6. The third-order valence-corrected chi connectivity index (χ3v) is 3.18. The van der Waals surface area contributed by atoms with Crippen LogP contribution in [0.1, 0.15) is 22.8 Å². The molecule has 118 valence electrons. The summed E-state index contributed by atoms with van der Waals surface area (Å²) >= 11 is 0. The van der Waals surface area contributed by atoms with E-state index in [1.165, 1.54) is 18.2 Å². The van der Waals surface area contributed by atoms with Crippen molar-refractivity contribution in [3.8, 4) is 11.1 Å². The van der Waals surface area contributed by atoms with Gasteiger partial charge in [0, 0.05) is 11.6 Å². The van der Waals surface area contributed by atoms with Gasteiger partial charge in [0.15, 0.2) is 0 Å². The number of carbonyl (C=O) groups is 2. The van der Waals surface area contributed by atoms with Crippen molar-refractivity contribution in [1.29, 1.82) is 0 Å². The SMILES string of the molecule is CCOC(=O)/C=C/c1ccc(C(N)=O)cc1-c1ccc(F)cc1. The van der Waals surface area contributed by atoms with Crippen LogP contribution in [0, 0.1) is 5.82 Å². The Balaban J connectivity index is 2.47. The van der Waals surface area contributed by atoms with Gasteiger partial charge in [0.2, 0.25) is 5.91 Å². The molecule has 0 aliphatic rings. The number of primary amides is 1. The lowest BCUT2D eigenvalue weighted by atomic mass is 9.96. The lowest BCUT2D eigenvalue weighted by Gasteiger charge is -2.08. The molecule has 0 atom stereocenters. The first-order chi connectivity index (χ1) is 11.0. The fourth-order valence-electron chi connectivity index (χ4n) is 2.08. The number of ether oxygens (including phenoxy) is 1. The van der Waals surface area contributed by atoms with Crippen molar-refractivity contribution in [2.45, 2.75) is 6.92 Å². The molecule has 0 bridgehead atoms. The van der Waals surface area contributed by atoms with E-state index in [1.807, 2.05) is 0 Å². The molecule has 0 spiro atoms. The molecular formula is C18H16FNO3. The number of hydrogen-bond acceptors (Lipinski definition) is 3. The summed E-state index contributed by atoms with van der Waals surface area (Å²) in [5.41, 5.74) is 7.70. The monoisotopic (exact) mass is 313 g/mol. The van der Waals surface area contributed by atoms with Crippen LogP contribution in [-0.2, 0) is 9.53 Å². The quantitative estimate of drug-likeness (QED) is 0.681. The Hall–Kier alpha value is -2.95. The van der Waals surface area contributed by atoms with Crippen LogP contribution >= 0.6 is 0 Å². The lowest BCUT2D eigenvalue weighted by molar-refractivity contribution is -0.137. The molecule has 0 heterocycles. The molecule has 2 aromatic rings. The van der Waals surface area contributed by atoms with Crippen molar-refractivity contribution in [2.24, 2.45) is 5.73 Å². The van der Waals surface area contributed by atoms with Gasteiger partial charge in [-0.15, -0.1) is 0 Å². The molecule has 0 saturated carbocycles. The number of hydrogen-bond donors (Lipinski definition) is 1. The van der Waals surface area contributed by atoms with E-state index in [9.17, 15) is 14.0 Å². The number of benzene rings is 2. The van der Waals surface area contributed by atoms with E-state index in [2.05, 4.69) is 0 Å². The van der Waals surface area contributed by atoms with Crippen molar-refractivity contribution in [1.82, 2.24) is 0 Å². The highest BCUT2D eigenvalue weighted by Crippen LogP contribution is 2.26. The number of esters is 1. The van der Waals surface area contributed by atoms with Crippen LogP contribution in [0.2, 0.25) is 0 Å². The van der Waals surface area contributed by atoms with E-state index in [4.69, 9.17) is 10.5 Å². The van der Waals surface area contributed by atoms with Crippen LogP contribution in [0.15, 0.2) is 48.5 Å². The first kappa shape index (κ1) is 16.4. The summed E-state index contributed by atoms with van der Waals surface area (Å²) < 4.78 is 17.9. The largest absolute Gasteiger partial charge is 0.463 e. The summed E-state index contributed by atoms with van der Waals surface area (Å²) in [4.78, 5) is 22.8. The van der Waals surface area contributed by atoms with E-state index >= 15 is 0 Å². The van der Waals surface area contributed by atoms with Gasteiger partial charge in [0.25, 0.3) is 0 Å². The third-order valence-electron chi connectivity index (χ3n) is 3.18. The van der Waals surface area contributed by atoms with Gasteiger partial charge in [-0.1, -0.05) is 18.2 Å². The molecule has 5 heteroatoms. The molecule has 0 saturated heterocycles. The number of rotatable bonds is 5. The summed E-state index contributed by atoms with van der Waals surface area (Å²) in [5, 5.41) is 0. The van der Waals surface area contributed by atoms with Crippen LogP contribution in [0.5, 0.6) is 0 Å². The number of halogens is 1. The molecule has 1 amide bonds. The maximum absolute atomic E-state index is 13.1. The summed E-state index contributed by atoms with van der Waals surface area (Å²) in [6, 6.07) is 10.7. The molecule has 2 N–H and O–H groups in total. The van der Waals surface area contributed by atoms with Gasteiger partial charge in [0.05, 0.1) is 6.61 Å². The van der Waals surface area contributed by atoms with Gasteiger partial charge in [-0.3, -0.25) is 4.79 Å². The van der Waals surface area contributed by atoms with E-state index in [-0.39, 0.29) is 12.4 Å². The molecule has 0 unspecified atom stereocenters. The minimum Gasteiger partial charge on any atom is -0.463 e. The second-order valence-electron chi connectivity index (χ2n) is 4.76. The first-order valence-electron chi connectivity index (χ1n) is 7.06. The number of amides is 1. The van der Waals surface area contributed by atoms with Gasteiger partial charge >= 0.3 is 5.97 Å². The highest BCUT2D eigenvalue weighted by molar-refractivity contribution is 5.96. The molecule has 0 radical (unpaired) electrons. The third kappa shape index (κ3) is 4.26. The van der Waals surface area contributed by atoms with Gasteiger partial charge in [-0.25, -0.2) is 9.18 Å². The fraction of sp³-hybridized carbons (Fsp3) is 0.111. The summed E-state index contributed by atoms with van der Waals surface area (Å²) in [7, 11) is 0. The van der Waals surface area contributed by atoms with Crippen molar-refractivity contribution >= 4 is 18.0 Å². The molecule has 4 nitrogen and oxygen atoms in total. The van der Waals surface area contributed by atoms with Crippen LogP contribution in [0.4, 0.5) is 4.39 Å². The van der Waals surface area contributed by atoms with Crippen LogP contribution in [0.25, 0.3) is 17.2 Å². The highest BCUT2D eigenvalue weighted by Gasteiger charge is 2.08. The van der Waals surface area contributed by atoms with Crippen LogP contribution in [0.3, 0.4) is 0 Å². The lowest BCUT2D eigenvalue weighted by Crippen LogP contribution is -2.11. The summed E-state index contributed by atoms with van der Waals surface area (Å²) in [6.45, 7) is 2.01. The van der Waals surface area contributed by atoms with Crippen molar-refractivity contribution in [3.05, 3.63) is 65.5 Å². The Morgan fingerprint density at radius 1 is 1.17 bits per heavy atom. The Morgan fingerprint density at radius 2 is 1.87 bits per heavy atom. The van der Waals surface area contributed by atoms with Crippen LogP contribution in [-0.4, -0.2) is 18.5 Å². The van der Waals surface area contributed by atoms with E-state index in [0.29, 0.717) is 22.3 Å². The van der Waals surface area contributed by atoms with Crippen molar-refractivity contribution in [3.63, 3.8) is 0 Å². The molecule has 0 aliphatic heterocycles. The van der Waals surface area contributed by atoms with Gasteiger partial charge in [-0.05, 0) is 54.0 Å². The Morgan fingerprint density at radius 3 is 2.48 bits per heavy atom. The molecule has 2 rings (SSSR count). The van der Waals surface area contributed by atoms with Crippen LogP contribution < -0.4 is 5.73 Å². The zero-order chi connectivity index (χ0) is 16.8. The Labute approximate surface area is 133 Å². The highest BCUT2D eigenvalue weighted by atomic mass is 19.1. The smallest absolute Gasteiger partial charge is 0.330 e. The minimum absolute atomic E-state index is 0.286. The zero-order valence-corrected chi connectivity index (χ0v) is 12.6. The maximum Gasteiger partial charge on any atom is 0.330 e. The van der Waals surface area contributed by atoms with Crippen molar-refractivity contribution in [2.75, 3.05) is 6.61 Å². The van der Waals surface area contributed by atoms with E-state index < -0.39 is 11.9 Å². The molecule has 0 fully saturated rings. The van der Waals surface area contributed by atoms with Crippen molar-refractivity contribution < 1.29 is 18.7 Å². The Bertz CT molecular complexity index is 751. The van der Waals surface area contributed by atoms with E-state index in [1.54, 1.807) is 43.3 Å². The predicted octanol–water partition coefficient (Wildman–Crippen LogP) is 3.17. The van der Waals surface area contributed by atoms with Gasteiger partial charge < -0.3 is 10.5 Å². The van der Waals surface area contributed by atoms with Gasteiger partial charge in [0.1, 0.15) is 5.82 Å². The normalized spacial score (nSPS) is 10.7. The summed E-state index contributed by atoms with van der Waals surface area (Å²) in [6.07, 6.45) is 2.89. The minimum atomic E-state index is -0.561. The first-order valence-corrected chi connectivity index (χ1v) is 7.06. The average molecular weight is 313 g/mol. The molecule has 23 heavy (non-hydrogen) atoms. The predicted molar refractivity (Wildman–Crippen MR) is 86.0 cm³/mol. The second kappa shape index (κ2) is 7.35. The fourth-order valence-corrected chi connectivity index (χ4v) is 2.08. The standard InChI is InChI=1S/C18H16FNO3/c1-2-23-17(21)10-7-12-3-4-14(18(20)22)11-16(12)13-5-8-15(19)9-6-13/h3-11H,2H2,1H3,(H2,20,22)/b10-7+. The molecular weight excluding hydrogens is 297 g/mol. The summed E-state index contributed by atoms with van der Waals surface area (Å²) in [5.74, 6) is -1.38. The van der Waals surface area contributed by atoms with Gasteiger partial charge in [-0.2, -0.15) is 0 Å². The molecule has 0 aromatic heterocycles. The second-order valence-corrected chi connectivity index (χ2v) is 4.76. The topological polar surface area (TPSA) is 69.4 Å². The number of carbonyl (C=O) groups excluding carboxylic acids is 2. The average Bonchev–Trinajstić information content (AvgIpc) is 2.54. The Kier molecular flexibility index (Phi) is 5.25. The number of nitrogens with two attached hydrogens (primary N) is 1. The maximum atomic E-state index is 13.1. The van der Waals surface area contributed by atoms with E-state index in [0.717, 1.165) is 0 Å².